The van der Waals surface area contributed by atoms with Crippen LogP contribution in [0.5, 0.6) is 0 Å². The normalized spacial score (nSPS) is 31.9. The highest BCUT2D eigenvalue weighted by Gasteiger charge is 2.57. The third kappa shape index (κ3) is 1.65. The van der Waals surface area contributed by atoms with Gasteiger partial charge in [-0.2, -0.15) is 4.98 Å². The number of hydrogen-bond acceptors (Lipinski definition) is 4. The summed E-state index contributed by atoms with van der Waals surface area (Å²) in [7, 11) is 0. The van der Waals surface area contributed by atoms with Crippen LogP contribution in [0.25, 0.3) is 0 Å². The Morgan fingerprint density at radius 2 is 2.06 bits per heavy atom. The summed E-state index contributed by atoms with van der Waals surface area (Å²) in [6.45, 7) is 0. The van der Waals surface area contributed by atoms with Gasteiger partial charge in [0.1, 0.15) is 5.82 Å². The van der Waals surface area contributed by atoms with Gasteiger partial charge in [-0.05, 0) is 36.8 Å². The summed E-state index contributed by atoms with van der Waals surface area (Å²) >= 11 is 7.81. The molecule has 5 heteroatoms. The summed E-state index contributed by atoms with van der Waals surface area (Å²) in [6, 6.07) is 0. The minimum absolute atomic E-state index is 0. The molecule has 2 bridgehead atoms. The Morgan fingerprint density at radius 1 is 1.29 bits per heavy atom. The Bertz CT molecular complexity index is 460. The Kier molecular flexibility index (Phi) is 2.56. The summed E-state index contributed by atoms with van der Waals surface area (Å²) in [5.41, 5.74) is 1.48. The number of thioether (sulfide) groups is 1. The highest BCUT2D eigenvalue weighted by atomic mass is 35.5. The molecule has 3 aliphatic carbocycles. The number of nitrogens with zero attached hydrogens (tertiary/aromatic N) is 2. The molecule has 4 aliphatic rings. The van der Waals surface area contributed by atoms with Gasteiger partial charge in [0.05, 0.1) is 10.6 Å². The molecule has 1 aromatic heterocycles. The van der Waals surface area contributed by atoms with Crippen LogP contribution in [0, 0.1) is 5.92 Å². The maximum atomic E-state index is 5.96. The van der Waals surface area contributed by atoms with E-state index in [1.165, 1.54) is 24.2 Å². The molecule has 1 N–H and O–H groups in total. The smallest absolute Gasteiger partial charge is 0.224 e. The molecule has 5 rings (SSSR count). The quantitative estimate of drug-likeness (QED) is 0.836. The van der Waals surface area contributed by atoms with E-state index in [1.54, 1.807) is 0 Å². The van der Waals surface area contributed by atoms with Crippen LogP contribution >= 0.6 is 23.4 Å². The van der Waals surface area contributed by atoms with Gasteiger partial charge in [-0.3, -0.25) is 0 Å². The lowest BCUT2D eigenvalue weighted by molar-refractivity contribution is 0.00158. The lowest BCUT2D eigenvalue weighted by atomic mass is 9.50. The van der Waals surface area contributed by atoms with E-state index in [9.17, 15) is 0 Å². The van der Waals surface area contributed by atoms with Crippen molar-refractivity contribution in [1.29, 1.82) is 0 Å². The Balaban J connectivity index is 0.000000902. The predicted molar refractivity (Wildman–Crippen MR) is 71.9 cm³/mol. The van der Waals surface area contributed by atoms with Gasteiger partial charge in [0.25, 0.3) is 0 Å². The van der Waals surface area contributed by atoms with Crippen molar-refractivity contribution < 1.29 is 0 Å². The van der Waals surface area contributed by atoms with E-state index < -0.39 is 0 Å². The monoisotopic (exact) mass is 269 g/mol. The van der Waals surface area contributed by atoms with Gasteiger partial charge < -0.3 is 5.32 Å². The number of halogens is 1. The van der Waals surface area contributed by atoms with Crippen LogP contribution in [-0.2, 0) is 6.42 Å². The van der Waals surface area contributed by atoms with E-state index in [0.717, 1.165) is 29.6 Å². The highest BCUT2D eigenvalue weighted by molar-refractivity contribution is 7.99. The van der Waals surface area contributed by atoms with Crippen LogP contribution in [0.3, 0.4) is 0 Å². The highest BCUT2D eigenvalue weighted by Crippen LogP contribution is 2.59. The first-order valence-electron chi connectivity index (χ1n) is 5.72. The van der Waals surface area contributed by atoms with Crippen molar-refractivity contribution in [2.24, 2.45) is 5.92 Å². The van der Waals surface area contributed by atoms with Gasteiger partial charge in [-0.1, -0.05) is 7.43 Å². The van der Waals surface area contributed by atoms with Gasteiger partial charge >= 0.3 is 0 Å². The molecule has 0 spiro atoms. The molecule has 0 saturated heterocycles. The van der Waals surface area contributed by atoms with Gasteiger partial charge in [-0.15, -0.1) is 11.8 Å². The minimum atomic E-state index is 0. The molecule has 17 heavy (non-hydrogen) atoms. The molecule has 0 radical (unpaired) electrons. The molecule has 0 atom stereocenters. The molecule has 0 unspecified atom stereocenters. The zero-order chi connectivity index (χ0) is 10.8. The van der Waals surface area contributed by atoms with Crippen molar-refractivity contribution in [3.63, 3.8) is 0 Å². The third-order valence-corrected chi connectivity index (χ3v) is 5.21. The molecule has 2 heterocycles. The van der Waals surface area contributed by atoms with Crippen LogP contribution in [0.15, 0.2) is 4.90 Å². The molecule has 1 aromatic rings. The second-order valence-corrected chi connectivity index (χ2v) is 6.54. The lowest BCUT2D eigenvalue weighted by Gasteiger charge is -2.62. The van der Waals surface area contributed by atoms with E-state index in [0.29, 0.717) is 10.8 Å². The maximum absolute atomic E-state index is 5.96. The number of anilines is 1. The van der Waals surface area contributed by atoms with Crippen LogP contribution < -0.4 is 5.32 Å². The van der Waals surface area contributed by atoms with Crippen LogP contribution in [0.4, 0.5) is 5.82 Å². The van der Waals surface area contributed by atoms with Crippen molar-refractivity contribution in [2.45, 2.75) is 43.5 Å². The van der Waals surface area contributed by atoms with Crippen LogP contribution in [0.1, 0.15) is 32.4 Å². The second-order valence-electron chi connectivity index (χ2n) is 5.10. The summed E-state index contributed by atoms with van der Waals surface area (Å²) in [5, 5.41) is 3.99. The van der Waals surface area contributed by atoms with Crippen LogP contribution in [0.2, 0.25) is 5.28 Å². The zero-order valence-corrected chi connectivity index (χ0v) is 10.4. The topological polar surface area (TPSA) is 37.8 Å². The zero-order valence-electron chi connectivity index (χ0n) is 8.79. The van der Waals surface area contributed by atoms with Crippen LogP contribution in [-0.4, -0.2) is 21.3 Å². The van der Waals surface area contributed by atoms with Crippen molar-refractivity contribution >= 4 is 29.2 Å². The summed E-state index contributed by atoms with van der Waals surface area (Å²) < 4.78 is 0. The largest absolute Gasteiger partial charge is 0.364 e. The number of nitrogens with one attached hydrogen (secondary N) is 1. The number of aryl methyl sites for hydroxylation is 1. The average Bonchev–Trinajstić information content (AvgIpc) is 2.56. The van der Waals surface area contributed by atoms with Crippen molar-refractivity contribution in [1.82, 2.24) is 9.97 Å². The van der Waals surface area contributed by atoms with E-state index >= 15 is 0 Å². The van der Waals surface area contributed by atoms with E-state index in [4.69, 9.17) is 11.6 Å². The number of hydrogen-bond donors (Lipinski definition) is 1. The lowest BCUT2D eigenvalue weighted by Crippen LogP contribution is -2.63. The van der Waals surface area contributed by atoms with E-state index in [1.807, 2.05) is 11.8 Å². The van der Waals surface area contributed by atoms with Crippen molar-refractivity contribution in [2.75, 3.05) is 11.1 Å². The molecule has 1 aliphatic heterocycles. The molecule has 0 amide bonds. The Labute approximate surface area is 111 Å². The average molecular weight is 270 g/mol. The minimum Gasteiger partial charge on any atom is -0.364 e. The van der Waals surface area contributed by atoms with E-state index in [-0.39, 0.29) is 7.43 Å². The molecule has 3 saturated carbocycles. The van der Waals surface area contributed by atoms with Gasteiger partial charge in [0.15, 0.2) is 0 Å². The summed E-state index contributed by atoms with van der Waals surface area (Å²) in [4.78, 5) is 9.88. The van der Waals surface area contributed by atoms with Crippen molar-refractivity contribution in [3.05, 3.63) is 11.0 Å². The van der Waals surface area contributed by atoms with Gasteiger partial charge in [0.2, 0.25) is 5.28 Å². The third-order valence-electron chi connectivity index (χ3n) is 3.92. The first-order valence-corrected chi connectivity index (χ1v) is 7.08. The molecular weight excluding hydrogens is 254 g/mol. The van der Waals surface area contributed by atoms with Crippen molar-refractivity contribution in [3.8, 4) is 0 Å². The first-order chi connectivity index (χ1) is 7.74. The SMILES string of the molecule is C.Clc1nc2c(c(NC34CC(C3)C4)n1)SCC2. The predicted octanol–water partition coefficient (Wildman–Crippen LogP) is 3.38. The fourth-order valence-corrected chi connectivity index (χ4v) is 4.24. The summed E-state index contributed by atoms with van der Waals surface area (Å²) in [6.07, 6.45) is 4.96. The number of fused-ring (bicyclic) bond motifs is 1. The summed E-state index contributed by atoms with van der Waals surface area (Å²) in [5.74, 6) is 3.07. The molecular formula is C12H16ClN3S. The molecule has 0 aromatic carbocycles. The standard InChI is InChI=1S/C11H12ClN3S.CH4/c12-10-13-7-1-2-16-8(7)9(14-10)15-11-3-6(4-11)5-11;/h6H,1-5H2,(H,13,14,15);1H4. The fourth-order valence-electron chi connectivity index (χ4n) is 3.01. The molecule has 3 nitrogen and oxygen atoms in total. The Morgan fingerprint density at radius 3 is 2.71 bits per heavy atom. The van der Waals surface area contributed by atoms with E-state index in [2.05, 4.69) is 15.3 Å². The Hall–Kier alpha value is -0.480. The molecule has 3 fully saturated rings. The number of aromatic nitrogens is 2. The first kappa shape index (κ1) is 11.6. The second kappa shape index (κ2) is 3.75. The number of rotatable bonds is 2. The van der Waals surface area contributed by atoms with Gasteiger partial charge in [0, 0.05) is 17.7 Å². The molecule has 92 valence electrons. The van der Waals surface area contributed by atoms with Gasteiger partial charge in [-0.25, -0.2) is 4.98 Å². The fraction of sp³-hybridized carbons (Fsp3) is 0.667. The maximum Gasteiger partial charge on any atom is 0.224 e.